The van der Waals surface area contributed by atoms with Crippen molar-refractivity contribution in [1.82, 2.24) is 4.90 Å². The molecule has 4 nitrogen and oxygen atoms in total. The molecule has 0 spiro atoms. The molecule has 2 aliphatic carbocycles. The number of phenols is 1. The van der Waals surface area contributed by atoms with E-state index in [4.69, 9.17) is 4.74 Å². The summed E-state index contributed by atoms with van der Waals surface area (Å²) in [6.45, 7) is 4.10. The lowest BCUT2D eigenvalue weighted by atomic mass is 9.90. The van der Waals surface area contributed by atoms with Crippen LogP contribution in [0.5, 0.6) is 11.5 Å². The van der Waals surface area contributed by atoms with Gasteiger partial charge in [0.1, 0.15) is 18.1 Å². The summed E-state index contributed by atoms with van der Waals surface area (Å²) in [6, 6.07) is 14.1. The smallest absolute Gasteiger partial charge is 0.119 e. The largest absolute Gasteiger partial charge is 0.508 e. The predicted molar refractivity (Wildman–Crippen MR) is 130 cm³/mol. The van der Waals surface area contributed by atoms with Gasteiger partial charge in [-0.05, 0) is 97.5 Å². The van der Waals surface area contributed by atoms with Gasteiger partial charge in [-0.15, -0.1) is 11.3 Å². The summed E-state index contributed by atoms with van der Waals surface area (Å²) in [4.78, 5) is 3.67. The molecule has 1 fully saturated rings. The van der Waals surface area contributed by atoms with E-state index in [1.165, 1.54) is 64.0 Å². The van der Waals surface area contributed by atoms with Crippen LogP contribution < -0.4 is 4.74 Å². The molecular formula is C27H27NO3S. The second-order valence-corrected chi connectivity index (χ2v) is 10.0. The van der Waals surface area contributed by atoms with Crippen molar-refractivity contribution in [2.24, 2.45) is 0 Å². The zero-order chi connectivity index (χ0) is 21.7. The van der Waals surface area contributed by atoms with Crippen LogP contribution in [-0.2, 0) is 0 Å². The minimum absolute atomic E-state index is 0.288. The fourth-order valence-corrected chi connectivity index (χ4v) is 6.58. The third-order valence-corrected chi connectivity index (χ3v) is 8.05. The summed E-state index contributed by atoms with van der Waals surface area (Å²) in [5, 5.41) is 21.4. The molecule has 0 radical (unpaired) electrons. The normalized spacial score (nSPS) is 20.5. The van der Waals surface area contributed by atoms with Gasteiger partial charge in [-0.25, -0.2) is 0 Å². The highest BCUT2D eigenvalue weighted by atomic mass is 32.1. The fourth-order valence-electron chi connectivity index (χ4n) is 5.28. The summed E-state index contributed by atoms with van der Waals surface area (Å²) in [5.41, 5.74) is 6.18. The third kappa shape index (κ3) is 3.45. The van der Waals surface area contributed by atoms with Crippen LogP contribution in [-0.4, -0.2) is 47.5 Å². The van der Waals surface area contributed by atoms with Gasteiger partial charge in [-0.2, -0.15) is 0 Å². The zero-order valence-corrected chi connectivity index (χ0v) is 18.8. The molecular weight excluding hydrogens is 418 g/mol. The summed E-state index contributed by atoms with van der Waals surface area (Å²) in [6.07, 6.45) is 5.85. The zero-order valence-electron chi connectivity index (χ0n) is 18.0. The van der Waals surface area contributed by atoms with Crippen LogP contribution in [0.4, 0.5) is 0 Å². The van der Waals surface area contributed by atoms with E-state index in [1.54, 1.807) is 17.4 Å². The van der Waals surface area contributed by atoms with Crippen molar-refractivity contribution in [3.63, 3.8) is 0 Å². The van der Waals surface area contributed by atoms with Crippen molar-refractivity contribution in [1.29, 1.82) is 0 Å². The number of aliphatic hydroxyl groups excluding tert-OH is 1. The number of phenolic OH excluding ortho intramolecular Hbond substituents is 1. The first-order valence-corrected chi connectivity index (χ1v) is 12.3. The minimum atomic E-state index is -0.397. The number of fused-ring (bicyclic) bond motifs is 5. The highest BCUT2D eigenvalue weighted by Gasteiger charge is 2.33. The number of likely N-dealkylation sites (tertiary alicyclic amines) is 1. The maximum atomic E-state index is 10.3. The van der Waals surface area contributed by atoms with Gasteiger partial charge < -0.3 is 14.9 Å². The average molecular weight is 446 g/mol. The van der Waals surface area contributed by atoms with E-state index in [2.05, 4.69) is 29.2 Å². The Labute approximate surface area is 192 Å². The van der Waals surface area contributed by atoms with Gasteiger partial charge in [0.2, 0.25) is 0 Å². The quantitative estimate of drug-likeness (QED) is 0.549. The van der Waals surface area contributed by atoms with E-state index >= 15 is 0 Å². The SMILES string of the molecule is Oc1ccc2c3c(sc2c1)C1=CC(O)CCC1=C3c1ccc(OCCN2CCCC2)cc1. The van der Waals surface area contributed by atoms with Crippen molar-refractivity contribution in [3.8, 4) is 11.5 Å². The Bertz CT molecular complexity index is 1230. The van der Waals surface area contributed by atoms with Crippen molar-refractivity contribution >= 4 is 32.6 Å². The molecule has 1 unspecified atom stereocenters. The molecule has 32 heavy (non-hydrogen) atoms. The number of nitrogens with zero attached hydrogens (tertiary/aromatic N) is 1. The minimum Gasteiger partial charge on any atom is -0.508 e. The van der Waals surface area contributed by atoms with Crippen LogP contribution in [0.1, 0.15) is 41.7 Å². The van der Waals surface area contributed by atoms with Gasteiger partial charge in [-0.1, -0.05) is 12.1 Å². The molecule has 5 heteroatoms. The standard InChI is InChI=1S/C27H27NO3S/c29-18-5-9-21-23(15-18)27-26(22-10-6-19(30)16-24(22)32-27)25(21)17-3-7-20(8-4-17)31-14-13-28-11-1-2-12-28/h3-4,6-8,10,15-16,18,29-30H,1-2,5,9,11-14H2. The second-order valence-electron chi connectivity index (χ2n) is 8.95. The number of aromatic hydroxyl groups is 1. The van der Waals surface area contributed by atoms with Gasteiger partial charge in [-0.3, -0.25) is 4.90 Å². The Hall–Kier alpha value is -2.60. The first-order valence-electron chi connectivity index (χ1n) is 11.5. The van der Waals surface area contributed by atoms with Gasteiger partial charge >= 0.3 is 0 Å². The molecule has 2 N–H and O–H groups in total. The molecule has 2 heterocycles. The van der Waals surface area contributed by atoms with Crippen molar-refractivity contribution in [3.05, 3.63) is 70.1 Å². The number of ether oxygens (including phenoxy) is 1. The third-order valence-electron chi connectivity index (χ3n) is 6.86. The average Bonchev–Trinajstić information content (AvgIpc) is 3.50. The van der Waals surface area contributed by atoms with E-state index in [9.17, 15) is 10.2 Å². The van der Waals surface area contributed by atoms with E-state index in [0.29, 0.717) is 0 Å². The van der Waals surface area contributed by atoms with Crippen molar-refractivity contribution < 1.29 is 14.9 Å². The molecule has 3 aromatic rings. The summed E-state index contributed by atoms with van der Waals surface area (Å²) < 4.78 is 7.09. The second kappa shape index (κ2) is 8.07. The van der Waals surface area contributed by atoms with Gasteiger partial charge in [0.05, 0.1) is 6.10 Å². The Morgan fingerprint density at radius 1 is 1.06 bits per heavy atom. The Morgan fingerprint density at radius 2 is 1.88 bits per heavy atom. The number of rotatable bonds is 5. The van der Waals surface area contributed by atoms with Crippen LogP contribution in [0.15, 0.2) is 54.1 Å². The van der Waals surface area contributed by atoms with Crippen LogP contribution in [0.25, 0.3) is 21.2 Å². The van der Waals surface area contributed by atoms with E-state index in [0.717, 1.165) is 36.4 Å². The van der Waals surface area contributed by atoms with Crippen molar-refractivity contribution in [2.45, 2.75) is 31.8 Å². The van der Waals surface area contributed by atoms with E-state index in [-0.39, 0.29) is 5.75 Å². The maximum absolute atomic E-state index is 10.3. The lowest BCUT2D eigenvalue weighted by molar-refractivity contribution is 0.211. The van der Waals surface area contributed by atoms with Gasteiger partial charge in [0.15, 0.2) is 0 Å². The molecule has 1 atom stereocenters. The first-order chi connectivity index (χ1) is 15.7. The monoisotopic (exact) mass is 445 g/mol. The molecule has 3 aliphatic rings. The molecule has 0 saturated carbocycles. The van der Waals surface area contributed by atoms with Crippen LogP contribution in [0.3, 0.4) is 0 Å². The van der Waals surface area contributed by atoms with Crippen molar-refractivity contribution in [2.75, 3.05) is 26.2 Å². The number of hydrogen-bond donors (Lipinski definition) is 2. The van der Waals surface area contributed by atoms with Gasteiger partial charge in [0, 0.05) is 27.1 Å². The van der Waals surface area contributed by atoms with E-state index < -0.39 is 6.10 Å². The van der Waals surface area contributed by atoms with Gasteiger partial charge in [0.25, 0.3) is 0 Å². The maximum Gasteiger partial charge on any atom is 0.119 e. The number of benzene rings is 2. The fraction of sp³-hybridized carbons (Fsp3) is 0.333. The molecule has 164 valence electrons. The molecule has 1 saturated heterocycles. The van der Waals surface area contributed by atoms with Crippen LogP contribution >= 0.6 is 11.3 Å². The van der Waals surface area contributed by atoms with Crippen LogP contribution in [0, 0.1) is 0 Å². The van der Waals surface area contributed by atoms with Crippen LogP contribution in [0.2, 0.25) is 0 Å². The molecule has 0 bridgehead atoms. The highest BCUT2D eigenvalue weighted by Crippen LogP contribution is 2.54. The number of allylic oxidation sites excluding steroid dienone is 2. The molecule has 2 aromatic carbocycles. The summed E-state index contributed by atoms with van der Waals surface area (Å²) >= 11 is 1.70. The summed E-state index contributed by atoms with van der Waals surface area (Å²) in [7, 11) is 0. The highest BCUT2D eigenvalue weighted by molar-refractivity contribution is 7.20. The number of aliphatic hydroxyl groups is 1. The Morgan fingerprint density at radius 3 is 2.69 bits per heavy atom. The molecule has 6 rings (SSSR count). The number of hydrogen-bond acceptors (Lipinski definition) is 5. The first kappa shape index (κ1) is 20.0. The molecule has 1 aliphatic heterocycles. The summed E-state index contributed by atoms with van der Waals surface area (Å²) in [5.74, 6) is 1.20. The Kier molecular flexibility index (Phi) is 5.05. The lowest BCUT2D eigenvalue weighted by Gasteiger charge is -2.18. The number of thiophene rings is 1. The predicted octanol–water partition coefficient (Wildman–Crippen LogP) is 5.44. The lowest BCUT2D eigenvalue weighted by Crippen LogP contribution is -2.25. The Balaban J connectivity index is 1.34. The molecule has 1 aromatic heterocycles. The van der Waals surface area contributed by atoms with E-state index in [1.807, 2.05) is 18.2 Å². The topological polar surface area (TPSA) is 52.9 Å². The molecule has 0 amide bonds.